The Balaban J connectivity index is 1.04. The molecule has 3 aliphatic carbocycles. The summed E-state index contributed by atoms with van der Waals surface area (Å²) in [5, 5.41) is 3.47. The lowest BCUT2D eigenvalue weighted by Crippen LogP contribution is -2.67. The summed E-state index contributed by atoms with van der Waals surface area (Å²) in [6.07, 6.45) is -11.9. The molecule has 0 heterocycles. The van der Waals surface area contributed by atoms with E-state index in [4.69, 9.17) is 28.4 Å². The first-order chi connectivity index (χ1) is 29.5. The van der Waals surface area contributed by atoms with Crippen molar-refractivity contribution in [3.8, 4) is 5.75 Å². The summed E-state index contributed by atoms with van der Waals surface area (Å²) in [4.78, 5) is 0. The van der Waals surface area contributed by atoms with Gasteiger partial charge in [-0.1, -0.05) is 34.6 Å². The molecule has 0 aromatic heterocycles. The van der Waals surface area contributed by atoms with E-state index < -0.39 is 37.2 Å². The van der Waals surface area contributed by atoms with Crippen molar-refractivity contribution >= 4 is 21.6 Å². The van der Waals surface area contributed by atoms with Crippen LogP contribution in [0.4, 0.5) is 39.5 Å². The van der Waals surface area contributed by atoms with E-state index in [-0.39, 0.29) is 18.1 Å². The normalized spacial score (nSPS) is 23.1. The van der Waals surface area contributed by atoms with E-state index >= 15 is 0 Å². The smallest absolute Gasteiger partial charge is 0.435 e. The van der Waals surface area contributed by atoms with Crippen LogP contribution in [-0.2, 0) is 34.8 Å². The van der Waals surface area contributed by atoms with Gasteiger partial charge in [-0.15, -0.1) is 0 Å². The van der Waals surface area contributed by atoms with Crippen molar-refractivity contribution in [2.45, 2.75) is 114 Å². The second-order valence-electron chi connectivity index (χ2n) is 16.7. The fraction of sp³-hybridized carbons (Fsp3) is 0.860. The quantitative estimate of drug-likeness (QED) is 0.0458. The number of nitrogens with one attached hydrogen (secondary N) is 1. The van der Waals surface area contributed by atoms with Crippen LogP contribution in [0, 0.1) is 23.2 Å². The number of benzene rings is 1. The molecule has 8 nitrogen and oxygen atoms in total. The highest BCUT2D eigenvalue weighted by molar-refractivity contribution is 8.76. The van der Waals surface area contributed by atoms with Gasteiger partial charge >= 0.3 is 24.1 Å². The number of halogens is 9. The van der Waals surface area contributed by atoms with E-state index in [0.29, 0.717) is 63.1 Å². The second-order valence-corrected chi connectivity index (χ2v) is 19.4. The molecule has 0 bridgehead atoms. The van der Waals surface area contributed by atoms with Gasteiger partial charge in [0.1, 0.15) is 12.4 Å². The molecule has 2 saturated carbocycles. The maximum atomic E-state index is 13.2. The van der Waals surface area contributed by atoms with Crippen molar-refractivity contribution in [1.82, 2.24) is 5.32 Å². The van der Waals surface area contributed by atoms with Crippen molar-refractivity contribution in [1.29, 1.82) is 0 Å². The molecule has 3 aliphatic rings. The molecule has 2 fully saturated rings. The Morgan fingerprint density at radius 2 is 1.40 bits per heavy atom. The van der Waals surface area contributed by atoms with Crippen LogP contribution in [0.2, 0.25) is 0 Å². The summed E-state index contributed by atoms with van der Waals surface area (Å²) >= 11 is 0. The van der Waals surface area contributed by atoms with Gasteiger partial charge in [0.25, 0.3) is 0 Å². The van der Waals surface area contributed by atoms with E-state index in [1.54, 1.807) is 14.2 Å². The topological polar surface area (TPSA) is 76.6 Å². The molecule has 62 heavy (non-hydrogen) atoms. The molecule has 5 atom stereocenters. The highest BCUT2D eigenvalue weighted by Gasteiger charge is 2.85. The second kappa shape index (κ2) is 25.6. The fourth-order valence-corrected chi connectivity index (χ4v) is 11.5. The van der Waals surface area contributed by atoms with E-state index in [1.165, 1.54) is 11.1 Å². The lowest BCUT2D eigenvalue weighted by atomic mass is 9.55. The van der Waals surface area contributed by atoms with Gasteiger partial charge in [0.2, 0.25) is 0 Å². The van der Waals surface area contributed by atoms with E-state index in [2.05, 4.69) is 29.1 Å². The van der Waals surface area contributed by atoms with E-state index in [9.17, 15) is 39.5 Å². The van der Waals surface area contributed by atoms with Crippen LogP contribution < -0.4 is 10.1 Å². The van der Waals surface area contributed by atoms with Gasteiger partial charge in [0.05, 0.1) is 39.1 Å². The number of hydrogen-bond donors (Lipinski definition) is 1. The first-order valence-electron chi connectivity index (χ1n) is 21.8. The van der Waals surface area contributed by atoms with Crippen LogP contribution >= 0.6 is 21.6 Å². The summed E-state index contributed by atoms with van der Waals surface area (Å²) in [6.45, 7) is 6.81. The average molecular weight is 944 g/mol. The van der Waals surface area contributed by atoms with Crippen molar-refractivity contribution < 1.29 is 72.7 Å². The summed E-state index contributed by atoms with van der Waals surface area (Å²) < 4.78 is 156. The lowest BCUT2D eigenvalue weighted by Gasteiger charge is -2.50. The molecule has 1 aromatic rings. The summed E-state index contributed by atoms with van der Waals surface area (Å²) in [5.41, 5.74) is -3.95. The zero-order chi connectivity index (χ0) is 45.3. The molecule has 0 saturated heterocycles. The minimum Gasteiger partial charge on any atom is -0.491 e. The molecule has 5 unspecified atom stereocenters. The van der Waals surface area contributed by atoms with Crippen LogP contribution in [0.3, 0.4) is 0 Å². The molecule has 0 aliphatic heterocycles. The summed E-state index contributed by atoms with van der Waals surface area (Å²) in [5.74, 6) is 4.33. The third-order valence-corrected chi connectivity index (χ3v) is 15.0. The van der Waals surface area contributed by atoms with Gasteiger partial charge < -0.3 is 38.5 Å². The maximum Gasteiger partial charge on any atom is 0.435 e. The Bertz CT molecular complexity index is 1380. The molecule has 0 spiro atoms. The molecular weight excluding hydrogens is 878 g/mol. The van der Waals surface area contributed by atoms with Crippen molar-refractivity contribution in [3.63, 3.8) is 0 Å². The van der Waals surface area contributed by atoms with Gasteiger partial charge in [0, 0.05) is 51.5 Å². The number of hydrogen-bond acceptors (Lipinski definition) is 10. The zero-order valence-corrected chi connectivity index (χ0v) is 37.8. The molecular formula is C43H66F9NO7S2. The Morgan fingerprint density at radius 3 is 2.11 bits per heavy atom. The first-order valence-corrected chi connectivity index (χ1v) is 24.3. The van der Waals surface area contributed by atoms with Gasteiger partial charge in [-0.25, -0.2) is 0 Å². The van der Waals surface area contributed by atoms with E-state index in [1.807, 2.05) is 27.7 Å². The van der Waals surface area contributed by atoms with Crippen molar-refractivity contribution in [2.24, 2.45) is 23.2 Å². The highest BCUT2D eigenvalue weighted by atomic mass is 33.1. The molecule has 1 N–H and O–H groups in total. The van der Waals surface area contributed by atoms with Crippen LogP contribution in [-0.4, -0.2) is 129 Å². The number of rotatable bonds is 30. The predicted molar refractivity (Wildman–Crippen MR) is 223 cm³/mol. The largest absolute Gasteiger partial charge is 0.491 e. The predicted octanol–water partition coefficient (Wildman–Crippen LogP) is 10.6. The molecule has 0 amide bonds. The minimum atomic E-state index is -6.74. The first kappa shape index (κ1) is 53.4. The fourth-order valence-electron chi connectivity index (χ4n) is 9.59. The summed E-state index contributed by atoms with van der Waals surface area (Å²) in [7, 11) is 7.17. The number of fused-ring (bicyclic) bond motifs is 5. The van der Waals surface area contributed by atoms with Gasteiger partial charge in [-0.2, -0.15) is 39.5 Å². The van der Waals surface area contributed by atoms with Gasteiger partial charge in [0.15, 0.2) is 0 Å². The zero-order valence-electron chi connectivity index (χ0n) is 36.2. The number of ether oxygens (including phenoxy) is 7. The van der Waals surface area contributed by atoms with Crippen molar-refractivity contribution in [2.75, 3.05) is 98.3 Å². The van der Waals surface area contributed by atoms with Gasteiger partial charge in [-0.05, 0) is 130 Å². The summed E-state index contributed by atoms with van der Waals surface area (Å²) in [6, 6.07) is 6.27. The van der Waals surface area contributed by atoms with Crippen LogP contribution in [0.5, 0.6) is 5.75 Å². The Morgan fingerprint density at radius 1 is 0.726 bits per heavy atom. The minimum absolute atomic E-state index is 0.262. The Labute approximate surface area is 368 Å². The lowest BCUT2D eigenvalue weighted by molar-refractivity contribution is -0.457. The Hall–Kier alpha value is -1.19. The Kier molecular flexibility index (Phi) is 22.1. The molecule has 1 aromatic carbocycles. The van der Waals surface area contributed by atoms with Crippen LogP contribution in [0.1, 0.15) is 88.2 Å². The standard InChI is InChI=1S/C43H66F9NO7S2/c1-39-16-15-35-34-12-10-33(58-24-23-56-20-5-17-53-18-6-26-61-62-27-25-57-19-4-8-31(29-54-2)30-55-3)28-32(34)9-11-36(35)37(39)13-14-38(39)59-21-7-22-60-40(41(44,45)46,42(47,48)49)43(50,51)52/h10,12,28,31,35-38,53H,4-9,11,13-27,29-30H2,1-3H3. The average Bonchev–Trinajstić information content (AvgIpc) is 3.54. The molecule has 4 rings (SSSR count). The van der Waals surface area contributed by atoms with Crippen LogP contribution in [0.25, 0.3) is 0 Å². The van der Waals surface area contributed by atoms with Crippen LogP contribution in [0.15, 0.2) is 18.2 Å². The molecule has 0 radical (unpaired) electrons. The monoisotopic (exact) mass is 943 g/mol. The van der Waals surface area contributed by atoms with Crippen molar-refractivity contribution in [3.05, 3.63) is 29.3 Å². The van der Waals surface area contributed by atoms with E-state index in [0.717, 1.165) is 101 Å². The number of aryl methyl sites for hydroxylation is 1. The highest BCUT2D eigenvalue weighted by Crippen LogP contribution is 2.62. The van der Waals surface area contributed by atoms with Gasteiger partial charge in [-0.3, -0.25) is 0 Å². The third kappa shape index (κ3) is 14.7. The molecule has 19 heteroatoms. The number of alkyl halides is 9. The molecule has 360 valence electrons. The SMILES string of the molecule is COCC(CCCOCCSSCCCNCCCOCCOc1ccc2c(c1)CCC1C2CCC2(C)C(OCCCOC(C(F)(F)F)(C(F)(F)F)C(F)(F)F)CCC12)COC. The third-order valence-electron chi connectivity index (χ3n) is 12.6. The maximum absolute atomic E-state index is 13.2. The number of methoxy groups -OCH3 is 2.